The van der Waals surface area contributed by atoms with Gasteiger partial charge in [-0.25, -0.2) is 9.18 Å². The van der Waals surface area contributed by atoms with Crippen molar-refractivity contribution in [2.45, 2.75) is 58.5 Å². The Kier molecular flexibility index (Phi) is 6.29. The molecule has 0 spiro atoms. The van der Waals surface area contributed by atoms with Gasteiger partial charge >= 0.3 is 5.97 Å². The number of hydrogen-bond donors (Lipinski definition) is 2. The molecule has 0 radical (unpaired) electrons. The highest BCUT2D eigenvalue weighted by molar-refractivity contribution is 7.17. The second-order valence-electron chi connectivity index (χ2n) is 10.0. The van der Waals surface area contributed by atoms with Crippen LogP contribution in [0.25, 0.3) is 0 Å². The van der Waals surface area contributed by atoms with Gasteiger partial charge in [-0.15, -0.1) is 11.3 Å². The summed E-state index contributed by atoms with van der Waals surface area (Å²) in [4.78, 5) is 41.2. The largest absolute Gasteiger partial charge is 0.462 e. The van der Waals surface area contributed by atoms with Crippen LogP contribution in [0.1, 0.15) is 61.8 Å². The molecule has 1 aromatic carbocycles. The number of anilines is 2. The van der Waals surface area contributed by atoms with Crippen LogP contribution in [0.5, 0.6) is 0 Å². The van der Waals surface area contributed by atoms with Gasteiger partial charge in [0.05, 0.1) is 18.1 Å². The van der Waals surface area contributed by atoms with Gasteiger partial charge in [0.1, 0.15) is 10.8 Å². The Labute approximate surface area is 202 Å². The first-order valence-electron chi connectivity index (χ1n) is 11.4. The maximum absolute atomic E-state index is 13.3. The summed E-state index contributed by atoms with van der Waals surface area (Å²) in [5, 5.41) is 6.99. The second kappa shape index (κ2) is 8.78. The molecule has 1 fully saturated rings. The summed E-state index contributed by atoms with van der Waals surface area (Å²) in [6.45, 7) is 10.4. The van der Waals surface area contributed by atoms with Crippen molar-refractivity contribution in [1.29, 1.82) is 0 Å². The predicted molar refractivity (Wildman–Crippen MR) is 130 cm³/mol. The van der Waals surface area contributed by atoms with E-state index in [1.807, 2.05) is 0 Å². The summed E-state index contributed by atoms with van der Waals surface area (Å²) < 4.78 is 18.6. The average Bonchev–Trinajstić information content (AvgIpc) is 3.28. The molecule has 9 heteroatoms. The van der Waals surface area contributed by atoms with Crippen LogP contribution in [-0.4, -0.2) is 36.5 Å². The molecule has 1 unspecified atom stereocenters. The van der Waals surface area contributed by atoms with Crippen molar-refractivity contribution < 1.29 is 23.5 Å². The zero-order valence-corrected chi connectivity index (χ0v) is 20.9. The highest BCUT2D eigenvalue weighted by Gasteiger charge is 2.43. The van der Waals surface area contributed by atoms with Crippen LogP contribution in [-0.2, 0) is 26.3 Å². The molecule has 34 heavy (non-hydrogen) atoms. The zero-order chi connectivity index (χ0) is 24.8. The van der Waals surface area contributed by atoms with Crippen molar-refractivity contribution in [3.8, 4) is 0 Å². The van der Waals surface area contributed by atoms with Crippen molar-refractivity contribution in [2.24, 2.45) is 5.92 Å². The zero-order valence-electron chi connectivity index (χ0n) is 20.1. The molecule has 2 amide bonds. The molecule has 2 aliphatic rings. The Morgan fingerprint density at radius 1 is 1.24 bits per heavy atom. The maximum Gasteiger partial charge on any atom is 0.341 e. The number of hydrogen-bond acceptors (Lipinski definition) is 6. The first-order chi connectivity index (χ1) is 15.9. The minimum absolute atomic E-state index is 0.0448. The van der Waals surface area contributed by atoms with Crippen molar-refractivity contribution in [2.75, 3.05) is 23.4 Å². The molecule has 1 atom stereocenters. The maximum atomic E-state index is 13.3. The molecule has 4 rings (SSSR count). The van der Waals surface area contributed by atoms with Crippen LogP contribution >= 0.6 is 11.3 Å². The number of thiophene rings is 1. The first kappa shape index (κ1) is 24.3. The Morgan fingerprint density at radius 3 is 2.56 bits per heavy atom. The molecule has 1 saturated heterocycles. The number of carbonyl (C=O) groups is 3. The lowest BCUT2D eigenvalue weighted by Gasteiger charge is -2.42. The van der Waals surface area contributed by atoms with Gasteiger partial charge in [0.15, 0.2) is 0 Å². The Bertz CT molecular complexity index is 1140. The van der Waals surface area contributed by atoms with E-state index < -0.39 is 23.2 Å². The Balaban J connectivity index is 1.62. The minimum Gasteiger partial charge on any atom is -0.462 e. The summed E-state index contributed by atoms with van der Waals surface area (Å²) in [5.41, 5.74) is 1.21. The number of nitrogens with one attached hydrogen (secondary N) is 2. The quantitative estimate of drug-likeness (QED) is 0.617. The SMILES string of the molecule is CCOC(=O)c1c(NC(=O)C2CC(=O)N(c3ccc(F)cc3)C2)sc2c1CC(C)(C)NC2(C)C. The summed E-state index contributed by atoms with van der Waals surface area (Å²) in [7, 11) is 0. The number of carbonyl (C=O) groups excluding carboxylic acids is 3. The molecule has 0 aliphatic carbocycles. The third kappa shape index (κ3) is 4.59. The van der Waals surface area contributed by atoms with E-state index in [1.165, 1.54) is 40.5 Å². The number of amides is 2. The molecule has 2 aromatic rings. The highest BCUT2D eigenvalue weighted by atomic mass is 32.1. The highest BCUT2D eigenvalue weighted by Crippen LogP contribution is 2.45. The van der Waals surface area contributed by atoms with E-state index in [-0.39, 0.29) is 36.9 Å². The lowest BCUT2D eigenvalue weighted by Crippen LogP contribution is -2.55. The molecule has 7 nitrogen and oxygen atoms in total. The molecule has 0 bridgehead atoms. The number of ether oxygens (including phenoxy) is 1. The molecule has 3 heterocycles. The van der Waals surface area contributed by atoms with E-state index in [1.54, 1.807) is 6.92 Å². The van der Waals surface area contributed by atoms with E-state index in [0.29, 0.717) is 22.7 Å². The fourth-order valence-corrected chi connectivity index (χ4v) is 6.27. The van der Waals surface area contributed by atoms with E-state index >= 15 is 0 Å². The van der Waals surface area contributed by atoms with Gasteiger partial charge in [-0.1, -0.05) is 0 Å². The summed E-state index contributed by atoms with van der Waals surface area (Å²) in [6, 6.07) is 5.62. The van der Waals surface area contributed by atoms with Crippen LogP contribution in [0.15, 0.2) is 24.3 Å². The lowest BCUT2D eigenvalue weighted by atomic mass is 9.81. The normalized spacial score (nSPS) is 20.7. The van der Waals surface area contributed by atoms with Crippen LogP contribution in [0.2, 0.25) is 0 Å². The number of halogens is 1. The van der Waals surface area contributed by atoms with Crippen LogP contribution in [0, 0.1) is 11.7 Å². The summed E-state index contributed by atoms with van der Waals surface area (Å²) >= 11 is 1.38. The van der Waals surface area contributed by atoms with E-state index in [2.05, 4.69) is 38.3 Å². The Hall–Kier alpha value is -2.78. The average molecular weight is 488 g/mol. The predicted octanol–water partition coefficient (Wildman–Crippen LogP) is 4.21. The lowest BCUT2D eigenvalue weighted by molar-refractivity contribution is -0.122. The molecule has 1 aromatic heterocycles. The smallest absolute Gasteiger partial charge is 0.341 e. The standard InChI is InChI=1S/C25H30FN3O4S/c1-6-33-23(32)19-17-12-24(2,3)28-25(4,5)20(17)34-22(19)27-21(31)14-11-18(30)29(13-14)16-9-7-15(26)8-10-16/h7-10,14,28H,6,11-13H2,1-5H3,(H,27,31). The fraction of sp³-hybridized carbons (Fsp3) is 0.480. The van der Waals surface area contributed by atoms with Gasteiger partial charge in [-0.05, 0) is 70.9 Å². The van der Waals surface area contributed by atoms with E-state index in [0.717, 1.165) is 10.4 Å². The first-order valence-corrected chi connectivity index (χ1v) is 12.2. The fourth-order valence-electron chi connectivity index (χ4n) is 5.00. The molecule has 2 aliphatic heterocycles. The van der Waals surface area contributed by atoms with Crippen molar-refractivity contribution in [3.63, 3.8) is 0 Å². The minimum atomic E-state index is -0.589. The van der Waals surface area contributed by atoms with Gasteiger partial charge in [-0.3, -0.25) is 9.59 Å². The summed E-state index contributed by atoms with van der Waals surface area (Å²) in [5.74, 6) is -1.96. The van der Waals surface area contributed by atoms with E-state index in [9.17, 15) is 18.8 Å². The molecular formula is C25H30FN3O4S. The van der Waals surface area contributed by atoms with Gasteiger partial charge in [0, 0.05) is 34.6 Å². The number of rotatable bonds is 5. The van der Waals surface area contributed by atoms with Crippen molar-refractivity contribution in [3.05, 3.63) is 46.1 Å². The molecular weight excluding hydrogens is 457 g/mol. The topological polar surface area (TPSA) is 87.7 Å². The molecule has 0 saturated carbocycles. The summed E-state index contributed by atoms with van der Waals surface area (Å²) in [6.07, 6.45) is 0.662. The van der Waals surface area contributed by atoms with Gasteiger partial charge in [0.2, 0.25) is 11.8 Å². The van der Waals surface area contributed by atoms with Gasteiger partial charge in [0.25, 0.3) is 0 Å². The van der Waals surface area contributed by atoms with Gasteiger partial charge < -0.3 is 20.3 Å². The third-order valence-corrected chi connectivity index (χ3v) is 7.67. The van der Waals surface area contributed by atoms with Crippen molar-refractivity contribution >= 4 is 39.8 Å². The third-order valence-electron chi connectivity index (χ3n) is 6.19. The number of benzene rings is 1. The van der Waals surface area contributed by atoms with Crippen LogP contribution in [0.3, 0.4) is 0 Å². The Morgan fingerprint density at radius 2 is 1.91 bits per heavy atom. The van der Waals surface area contributed by atoms with Crippen LogP contribution < -0.4 is 15.5 Å². The number of fused-ring (bicyclic) bond motifs is 1. The van der Waals surface area contributed by atoms with Crippen molar-refractivity contribution in [1.82, 2.24) is 5.32 Å². The number of nitrogens with zero attached hydrogens (tertiary/aromatic N) is 1. The number of esters is 1. The monoisotopic (exact) mass is 487 g/mol. The second-order valence-corrected chi connectivity index (χ2v) is 11.0. The van der Waals surface area contributed by atoms with Crippen LogP contribution in [0.4, 0.5) is 15.1 Å². The van der Waals surface area contributed by atoms with E-state index in [4.69, 9.17) is 4.74 Å². The van der Waals surface area contributed by atoms with Gasteiger partial charge in [-0.2, -0.15) is 0 Å². The molecule has 2 N–H and O–H groups in total. The molecule has 182 valence electrons.